The number of rotatable bonds is 6. The first-order valence-electron chi connectivity index (χ1n) is 8.41. The van der Waals surface area contributed by atoms with Crippen LogP contribution in [0.25, 0.3) is 0 Å². The summed E-state index contributed by atoms with van der Waals surface area (Å²) in [5.41, 5.74) is 2.74. The molecule has 0 aliphatic carbocycles. The molecule has 0 spiro atoms. The van der Waals surface area contributed by atoms with Crippen LogP contribution in [0.2, 0.25) is 0 Å². The first kappa shape index (κ1) is 17.9. The van der Waals surface area contributed by atoms with Crippen LogP contribution in [0.3, 0.4) is 0 Å². The van der Waals surface area contributed by atoms with Crippen molar-refractivity contribution in [3.8, 4) is 0 Å². The Balaban J connectivity index is 1.47. The lowest BCUT2D eigenvalue weighted by molar-refractivity contribution is -0.131. The van der Waals surface area contributed by atoms with Crippen molar-refractivity contribution in [1.29, 1.82) is 0 Å². The summed E-state index contributed by atoms with van der Waals surface area (Å²) in [7, 11) is 0. The first-order chi connectivity index (χ1) is 12.0. The zero-order valence-corrected chi connectivity index (χ0v) is 15.6. The van der Waals surface area contributed by atoms with Crippen LogP contribution < -0.4 is 4.87 Å². The summed E-state index contributed by atoms with van der Waals surface area (Å²) >= 11 is 1.17. The molecular formula is C17H23N3O4S. The van der Waals surface area contributed by atoms with Crippen LogP contribution in [0, 0.1) is 20.8 Å². The van der Waals surface area contributed by atoms with Crippen LogP contribution in [0.4, 0.5) is 0 Å². The lowest BCUT2D eigenvalue weighted by Crippen LogP contribution is -2.31. The van der Waals surface area contributed by atoms with Crippen LogP contribution in [-0.2, 0) is 22.7 Å². The molecule has 1 unspecified atom stereocenters. The van der Waals surface area contributed by atoms with E-state index in [1.54, 1.807) is 4.57 Å². The van der Waals surface area contributed by atoms with Crippen molar-refractivity contribution in [1.82, 2.24) is 14.6 Å². The predicted molar refractivity (Wildman–Crippen MR) is 93.7 cm³/mol. The quantitative estimate of drug-likeness (QED) is 0.783. The summed E-state index contributed by atoms with van der Waals surface area (Å²) in [5, 5.41) is 5.74. The van der Waals surface area contributed by atoms with Crippen molar-refractivity contribution in [2.45, 2.75) is 52.9 Å². The number of likely N-dealkylation sites (tertiary alicyclic amines) is 1. The standard InChI is InChI=1S/C17H23N3O4S/c1-11-10-25-17(22)20(11)7-5-16(21)19-6-4-14(8-19)23-9-15-12(2)18-24-13(15)3/h10,14H,4-9H2,1-3H3. The van der Waals surface area contributed by atoms with Crippen molar-refractivity contribution >= 4 is 17.2 Å². The van der Waals surface area contributed by atoms with Gasteiger partial charge >= 0.3 is 4.87 Å². The molecule has 1 saturated heterocycles. The first-order valence-corrected chi connectivity index (χ1v) is 9.29. The number of nitrogens with zero attached hydrogens (tertiary/aromatic N) is 3. The molecule has 3 heterocycles. The summed E-state index contributed by atoms with van der Waals surface area (Å²) in [6, 6.07) is 0. The maximum Gasteiger partial charge on any atom is 0.307 e. The van der Waals surface area contributed by atoms with Gasteiger partial charge in [0.25, 0.3) is 0 Å². The molecule has 1 amide bonds. The van der Waals surface area contributed by atoms with Gasteiger partial charge in [0.15, 0.2) is 0 Å². The molecule has 7 nitrogen and oxygen atoms in total. The van der Waals surface area contributed by atoms with E-state index < -0.39 is 0 Å². The van der Waals surface area contributed by atoms with Crippen LogP contribution in [0.1, 0.15) is 35.6 Å². The number of hydrogen-bond acceptors (Lipinski definition) is 6. The molecule has 0 radical (unpaired) electrons. The third-order valence-electron chi connectivity index (χ3n) is 4.67. The summed E-state index contributed by atoms with van der Waals surface area (Å²) in [6.45, 7) is 7.84. The Labute approximate surface area is 150 Å². The van der Waals surface area contributed by atoms with Gasteiger partial charge in [-0.25, -0.2) is 0 Å². The van der Waals surface area contributed by atoms with E-state index in [-0.39, 0.29) is 16.9 Å². The van der Waals surface area contributed by atoms with E-state index in [4.69, 9.17) is 9.26 Å². The number of amides is 1. The number of aryl methyl sites for hydroxylation is 3. The lowest BCUT2D eigenvalue weighted by Gasteiger charge is -2.17. The lowest BCUT2D eigenvalue weighted by atomic mass is 10.2. The van der Waals surface area contributed by atoms with Gasteiger partial charge in [-0.3, -0.25) is 9.59 Å². The van der Waals surface area contributed by atoms with Gasteiger partial charge in [0.05, 0.1) is 18.4 Å². The summed E-state index contributed by atoms with van der Waals surface area (Å²) in [6.07, 6.45) is 1.20. The third-order valence-corrected chi connectivity index (χ3v) is 5.55. The fraction of sp³-hybridized carbons (Fsp3) is 0.588. The minimum atomic E-state index is -0.00704. The van der Waals surface area contributed by atoms with Gasteiger partial charge in [0.1, 0.15) is 5.76 Å². The van der Waals surface area contributed by atoms with E-state index in [9.17, 15) is 9.59 Å². The largest absolute Gasteiger partial charge is 0.371 e. The van der Waals surface area contributed by atoms with E-state index in [0.717, 1.165) is 29.1 Å². The molecule has 8 heteroatoms. The van der Waals surface area contributed by atoms with E-state index >= 15 is 0 Å². The zero-order chi connectivity index (χ0) is 18.0. The third kappa shape index (κ3) is 4.01. The molecule has 136 valence electrons. The second kappa shape index (κ2) is 7.53. The minimum absolute atomic E-state index is 0.00704. The van der Waals surface area contributed by atoms with Crippen molar-refractivity contribution in [2.75, 3.05) is 13.1 Å². The molecule has 25 heavy (non-hydrogen) atoms. The normalized spacial score (nSPS) is 17.4. The molecule has 0 aromatic carbocycles. The highest BCUT2D eigenvalue weighted by molar-refractivity contribution is 7.07. The Morgan fingerprint density at radius 2 is 2.24 bits per heavy atom. The van der Waals surface area contributed by atoms with Gasteiger partial charge < -0.3 is 18.7 Å². The van der Waals surface area contributed by atoms with Crippen LogP contribution >= 0.6 is 11.3 Å². The number of carbonyl (C=O) groups excluding carboxylic acids is 1. The van der Waals surface area contributed by atoms with Crippen LogP contribution in [0.15, 0.2) is 14.7 Å². The number of hydrogen-bond donors (Lipinski definition) is 0. The molecule has 1 atom stereocenters. The fourth-order valence-electron chi connectivity index (χ4n) is 3.04. The Kier molecular flexibility index (Phi) is 5.39. The molecule has 1 fully saturated rings. The monoisotopic (exact) mass is 365 g/mol. The van der Waals surface area contributed by atoms with Gasteiger partial charge in [-0.2, -0.15) is 0 Å². The van der Waals surface area contributed by atoms with Crippen LogP contribution in [-0.4, -0.2) is 39.7 Å². The second-order valence-electron chi connectivity index (χ2n) is 6.41. The van der Waals surface area contributed by atoms with Crippen molar-refractivity contribution in [3.05, 3.63) is 37.8 Å². The maximum atomic E-state index is 12.4. The van der Waals surface area contributed by atoms with E-state index in [0.29, 0.717) is 32.7 Å². The molecule has 0 bridgehead atoms. The molecule has 0 saturated carbocycles. The molecule has 2 aromatic heterocycles. The summed E-state index contributed by atoms with van der Waals surface area (Å²) in [4.78, 5) is 25.9. The van der Waals surface area contributed by atoms with Gasteiger partial charge in [-0.1, -0.05) is 16.5 Å². The molecule has 0 N–H and O–H groups in total. The molecule has 2 aromatic rings. The average Bonchev–Trinajstić information content (AvgIpc) is 3.26. The van der Waals surface area contributed by atoms with Gasteiger partial charge in [-0.15, -0.1) is 0 Å². The number of aromatic nitrogens is 2. The summed E-state index contributed by atoms with van der Waals surface area (Å²) in [5.74, 6) is 0.848. The zero-order valence-electron chi connectivity index (χ0n) is 14.8. The van der Waals surface area contributed by atoms with E-state index in [1.807, 2.05) is 31.1 Å². The van der Waals surface area contributed by atoms with Crippen molar-refractivity contribution in [2.24, 2.45) is 0 Å². The highest BCUT2D eigenvalue weighted by Gasteiger charge is 2.27. The fourth-order valence-corrected chi connectivity index (χ4v) is 3.80. The van der Waals surface area contributed by atoms with Gasteiger partial charge in [0.2, 0.25) is 5.91 Å². The van der Waals surface area contributed by atoms with Crippen LogP contribution in [0.5, 0.6) is 0 Å². The van der Waals surface area contributed by atoms with E-state index in [1.165, 1.54) is 11.3 Å². The molecular weight excluding hydrogens is 342 g/mol. The van der Waals surface area contributed by atoms with Gasteiger partial charge in [0, 0.05) is 42.7 Å². The Morgan fingerprint density at radius 3 is 2.88 bits per heavy atom. The smallest absolute Gasteiger partial charge is 0.307 e. The molecule has 3 rings (SSSR count). The van der Waals surface area contributed by atoms with Crippen molar-refractivity contribution in [3.63, 3.8) is 0 Å². The molecule has 1 aliphatic rings. The highest BCUT2D eigenvalue weighted by atomic mass is 32.1. The van der Waals surface area contributed by atoms with Crippen molar-refractivity contribution < 1.29 is 14.1 Å². The Morgan fingerprint density at radius 1 is 1.44 bits per heavy atom. The SMILES string of the molecule is Cc1noc(C)c1COC1CCN(C(=O)CCn2c(C)csc2=O)C1. The second-order valence-corrected chi connectivity index (χ2v) is 7.23. The Hall–Kier alpha value is -1.93. The number of thiazole rings is 1. The Bertz CT molecular complexity index is 788. The number of carbonyl (C=O) groups is 1. The van der Waals surface area contributed by atoms with Gasteiger partial charge in [-0.05, 0) is 27.2 Å². The van der Waals surface area contributed by atoms with E-state index in [2.05, 4.69) is 5.16 Å². The predicted octanol–water partition coefficient (Wildman–Crippen LogP) is 2.03. The summed E-state index contributed by atoms with van der Waals surface area (Å²) < 4.78 is 12.7. The maximum absolute atomic E-state index is 12.4. The average molecular weight is 365 g/mol. The topological polar surface area (TPSA) is 77.6 Å². The highest BCUT2D eigenvalue weighted by Crippen LogP contribution is 2.19. The number of ether oxygens (including phenoxy) is 1. The minimum Gasteiger partial charge on any atom is -0.371 e. The molecule has 1 aliphatic heterocycles.